The van der Waals surface area contributed by atoms with Crippen molar-refractivity contribution in [1.82, 2.24) is 5.32 Å². The van der Waals surface area contributed by atoms with E-state index in [9.17, 15) is 4.79 Å². The highest BCUT2D eigenvalue weighted by molar-refractivity contribution is 5.73. The van der Waals surface area contributed by atoms with E-state index < -0.39 is 0 Å². The minimum Gasteiger partial charge on any atom is -0.345 e. The fraction of sp³-hybridized carbons (Fsp3) is 0.308. The molecule has 0 atom stereocenters. The van der Waals surface area contributed by atoms with Gasteiger partial charge in [0.1, 0.15) is 0 Å². The monoisotopic (exact) mass is 201 g/mol. The van der Waals surface area contributed by atoms with Gasteiger partial charge >= 0.3 is 0 Å². The van der Waals surface area contributed by atoms with Gasteiger partial charge in [0, 0.05) is 12.5 Å². The highest BCUT2D eigenvalue weighted by atomic mass is 16.1. The van der Waals surface area contributed by atoms with Crippen molar-refractivity contribution in [3.8, 4) is 11.8 Å². The maximum absolute atomic E-state index is 10.6. The van der Waals surface area contributed by atoms with Gasteiger partial charge in [0.2, 0.25) is 5.91 Å². The molecule has 2 heteroatoms. The summed E-state index contributed by atoms with van der Waals surface area (Å²) >= 11 is 0. The molecule has 0 radical (unpaired) electrons. The zero-order chi connectivity index (χ0) is 11.1. The smallest absolute Gasteiger partial charge is 0.217 e. The molecule has 1 aromatic carbocycles. The molecule has 1 rings (SSSR count). The van der Waals surface area contributed by atoms with Crippen molar-refractivity contribution in [3.63, 3.8) is 0 Å². The van der Waals surface area contributed by atoms with Gasteiger partial charge in [-0.25, -0.2) is 0 Å². The molecular formula is C13H15NO. The van der Waals surface area contributed by atoms with Crippen molar-refractivity contribution in [2.45, 2.75) is 20.3 Å². The molecule has 0 bridgehead atoms. The average Bonchev–Trinajstić information content (AvgIpc) is 2.25. The van der Waals surface area contributed by atoms with E-state index in [4.69, 9.17) is 0 Å². The van der Waals surface area contributed by atoms with Crippen LogP contribution in [0.5, 0.6) is 0 Å². The number of benzene rings is 1. The highest BCUT2D eigenvalue weighted by Crippen LogP contribution is 2.03. The Morgan fingerprint density at radius 2 is 2.00 bits per heavy atom. The lowest BCUT2D eigenvalue weighted by atomic mass is 10.1. The van der Waals surface area contributed by atoms with E-state index in [0.29, 0.717) is 6.54 Å². The Bertz CT molecular complexity index is 381. The number of aryl methyl sites for hydroxylation is 1. The van der Waals surface area contributed by atoms with E-state index in [1.807, 2.05) is 12.1 Å². The SMILES string of the molecule is CCc1ccc(C#CCNC(C)=O)cc1. The molecule has 0 saturated heterocycles. The molecule has 15 heavy (non-hydrogen) atoms. The van der Waals surface area contributed by atoms with E-state index >= 15 is 0 Å². The molecule has 0 aliphatic carbocycles. The second-order valence-corrected chi connectivity index (χ2v) is 3.26. The molecule has 0 aromatic heterocycles. The van der Waals surface area contributed by atoms with Gasteiger partial charge in [-0.2, -0.15) is 0 Å². The molecule has 1 aromatic rings. The zero-order valence-corrected chi connectivity index (χ0v) is 9.13. The summed E-state index contributed by atoms with van der Waals surface area (Å²) in [5, 5.41) is 2.63. The average molecular weight is 201 g/mol. The Morgan fingerprint density at radius 1 is 1.33 bits per heavy atom. The van der Waals surface area contributed by atoms with Crippen molar-refractivity contribution < 1.29 is 4.79 Å². The van der Waals surface area contributed by atoms with Crippen LogP contribution in [0.15, 0.2) is 24.3 Å². The first-order valence-electron chi connectivity index (χ1n) is 5.04. The second kappa shape index (κ2) is 5.87. The number of rotatable bonds is 2. The van der Waals surface area contributed by atoms with E-state index in [2.05, 4.69) is 36.2 Å². The van der Waals surface area contributed by atoms with Gasteiger partial charge in [0.15, 0.2) is 0 Å². The molecule has 0 aliphatic rings. The first-order valence-corrected chi connectivity index (χ1v) is 5.04. The molecular weight excluding hydrogens is 186 g/mol. The van der Waals surface area contributed by atoms with Crippen LogP contribution in [0.2, 0.25) is 0 Å². The molecule has 2 nitrogen and oxygen atoms in total. The maximum atomic E-state index is 10.6. The van der Waals surface area contributed by atoms with E-state index in [0.717, 1.165) is 12.0 Å². The van der Waals surface area contributed by atoms with E-state index in [-0.39, 0.29) is 5.91 Å². The van der Waals surface area contributed by atoms with Crippen molar-refractivity contribution >= 4 is 5.91 Å². The summed E-state index contributed by atoms with van der Waals surface area (Å²) in [5.41, 5.74) is 2.29. The third-order valence-corrected chi connectivity index (χ3v) is 2.02. The Kier molecular flexibility index (Phi) is 4.43. The first-order chi connectivity index (χ1) is 7.22. The summed E-state index contributed by atoms with van der Waals surface area (Å²) in [6, 6.07) is 8.14. The summed E-state index contributed by atoms with van der Waals surface area (Å²) in [4.78, 5) is 10.6. The summed E-state index contributed by atoms with van der Waals surface area (Å²) in [7, 11) is 0. The van der Waals surface area contributed by atoms with Crippen LogP contribution in [-0.2, 0) is 11.2 Å². The largest absolute Gasteiger partial charge is 0.345 e. The van der Waals surface area contributed by atoms with Crippen molar-refractivity contribution in [2.24, 2.45) is 0 Å². The second-order valence-electron chi connectivity index (χ2n) is 3.26. The van der Waals surface area contributed by atoms with Crippen LogP contribution in [0.4, 0.5) is 0 Å². The first kappa shape index (κ1) is 11.3. The lowest BCUT2D eigenvalue weighted by molar-refractivity contribution is -0.118. The molecule has 0 fully saturated rings. The number of carbonyl (C=O) groups excluding carboxylic acids is 1. The Labute approximate surface area is 90.7 Å². The van der Waals surface area contributed by atoms with Crippen LogP contribution in [0.3, 0.4) is 0 Å². The number of nitrogens with one attached hydrogen (secondary N) is 1. The van der Waals surface area contributed by atoms with Gasteiger partial charge in [-0.15, -0.1) is 0 Å². The minimum absolute atomic E-state index is 0.0503. The lowest BCUT2D eigenvalue weighted by Crippen LogP contribution is -2.19. The molecule has 78 valence electrons. The van der Waals surface area contributed by atoms with Gasteiger partial charge in [-0.1, -0.05) is 30.9 Å². The van der Waals surface area contributed by atoms with Crippen LogP contribution in [-0.4, -0.2) is 12.5 Å². The lowest BCUT2D eigenvalue weighted by Gasteiger charge is -1.95. The summed E-state index contributed by atoms with van der Waals surface area (Å²) < 4.78 is 0. The van der Waals surface area contributed by atoms with Gasteiger partial charge in [-0.05, 0) is 24.1 Å². The normalized spacial score (nSPS) is 8.93. The number of hydrogen-bond acceptors (Lipinski definition) is 1. The van der Waals surface area contributed by atoms with Gasteiger partial charge < -0.3 is 5.32 Å². The predicted octanol–water partition coefficient (Wildman–Crippen LogP) is 1.74. The van der Waals surface area contributed by atoms with Crippen molar-refractivity contribution in [2.75, 3.05) is 6.54 Å². The number of hydrogen-bond donors (Lipinski definition) is 1. The fourth-order valence-electron chi connectivity index (χ4n) is 1.14. The van der Waals surface area contributed by atoms with Gasteiger partial charge in [0.05, 0.1) is 6.54 Å². The molecule has 0 heterocycles. The van der Waals surface area contributed by atoms with Crippen molar-refractivity contribution in [1.29, 1.82) is 0 Å². The Balaban J connectivity index is 2.52. The van der Waals surface area contributed by atoms with E-state index in [1.54, 1.807) is 0 Å². The Hall–Kier alpha value is -1.75. The highest BCUT2D eigenvalue weighted by Gasteiger charge is 1.89. The van der Waals surface area contributed by atoms with Gasteiger partial charge in [-0.3, -0.25) is 4.79 Å². The minimum atomic E-state index is -0.0503. The van der Waals surface area contributed by atoms with Crippen LogP contribution >= 0.6 is 0 Å². The summed E-state index contributed by atoms with van der Waals surface area (Å²) in [6.45, 7) is 4.01. The number of carbonyl (C=O) groups is 1. The number of amides is 1. The Morgan fingerprint density at radius 3 is 2.53 bits per heavy atom. The van der Waals surface area contributed by atoms with E-state index in [1.165, 1.54) is 12.5 Å². The zero-order valence-electron chi connectivity index (χ0n) is 9.13. The molecule has 0 saturated carbocycles. The molecule has 1 amide bonds. The summed E-state index contributed by atoms with van der Waals surface area (Å²) in [5.74, 6) is 5.82. The summed E-state index contributed by atoms with van der Waals surface area (Å²) in [6.07, 6.45) is 1.04. The van der Waals surface area contributed by atoms with Crippen LogP contribution < -0.4 is 5.32 Å². The third kappa shape index (κ3) is 4.33. The predicted molar refractivity (Wildman–Crippen MR) is 61.4 cm³/mol. The molecule has 0 aliphatic heterocycles. The van der Waals surface area contributed by atoms with Gasteiger partial charge in [0.25, 0.3) is 0 Å². The van der Waals surface area contributed by atoms with Crippen LogP contribution in [0.1, 0.15) is 25.0 Å². The molecule has 0 spiro atoms. The van der Waals surface area contributed by atoms with Crippen molar-refractivity contribution in [3.05, 3.63) is 35.4 Å². The molecule has 0 unspecified atom stereocenters. The third-order valence-electron chi connectivity index (χ3n) is 2.02. The maximum Gasteiger partial charge on any atom is 0.217 e. The van der Waals surface area contributed by atoms with Crippen LogP contribution in [0.25, 0.3) is 0 Å². The quantitative estimate of drug-likeness (QED) is 0.725. The topological polar surface area (TPSA) is 29.1 Å². The van der Waals surface area contributed by atoms with Crippen LogP contribution in [0, 0.1) is 11.8 Å². The standard InChI is InChI=1S/C13H15NO/c1-3-12-6-8-13(9-7-12)5-4-10-14-11(2)15/h6-9H,3,10H2,1-2H3,(H,14,15). The molecule has 1 N–H and O–H groups in total. The fourth-order valence-corrected chi connectivity index (χ4v) is 1.14.